The number of hydrogen-bond acceptors (Lipinski definition) is 5. The van der Waals surface area contributed by atoms with Gasteiger partial charge in [-0.05, 0) is 6.07 Å². The van der Waals surface area contributed by atoms with Crippen LogP contribution in [0.3, 0.4) is 0 Å². The first-order valence-electron chi connectivity index (χ1n) is 4.85. The van der Waals surface area contributed by atoms with Crippen LogP contribution in [0.2, 0.25) is 0 Å². The van der Waals surface area contributed by atoms with Crippen molar-refractivity contribution in [2.24, 2.45) is 5.73 Å². The van der Waals surface area contributed by atoms with Crippen molar-refractivity contribution in [3.63, 3.8) is 0 Å². The number of nitrogens with two attached hydrogens (primary N) is 1. The molecular weight excluding hydrogens is 224 g/mol. The van der Waals surface area contributed by atoms with Crippen LogP contribution in [0.1, 0.15) is 33.9 Å². The van der Waals surface area contributed by atoms with Gasteiger partial charge in [0, 0.05) is 13.1 Å². The van der Waals surface area contributed by atoms with Gasteiger partial charge in [-0.1, -0.05) is 0 Å². The Morgan fingerprint density at radius 1 is 1.53 bits per heavy atom. The van der Waals surface area contributed by atoms with Crippen molar-refractivity contribution < 1.29 is 14.0 Å². The molecule has 2 rings (SSSR count). The van der Waals surface area contributed by atoms with Crippen LogP contribution in [0, 0.1) is 0 Å². The van der Waals surface area contributed by atoms with Crippen LogP contribution in [-0.2, 0) is 6.54 Å². The number of primary amides is 1. The van der Waals surface area contributed by atoms with Gasteiger partial charge in [0.15, 0.2) is 11.5 Å². The van der Waals surface area contributed by atoms with E-state index in [4.69, 9.17) is 10.2 Å². The summed E-state index contributed by atoms with van der Waals surface area (Å²) in [5.41, 5.74) is 5.24. The number of hydrogen-bond donors (Lipinski definition) is 1. The summed E-state index contributed by atoms with van der Waals surface area (Å²) >= 11 is 0. The molecule has 0 aliphatic heterocycles. The van der Waals surface area contributed by atoms with E-state index in [0.29, 0.717) is 5.89 Å². The van der Waals surface area contributed by atoms with Crippen LogP contribution >= 0.6 is 0 Å². The number of oxazole rings is 1. The highest BCUT2D eigenvalue weighted by atomic mass is 16.4. The quantitative estimate of drug-likeness (QED) is 0.762. The molecule has 0 saturated heterocycles. The lowest BCUT2D eigenvalue weighted by molar-refractivity contribution is 0.0982. The average molecular weight is 234 g/mol. The van der Waals surface area contributed by atoms with E-state index in [1.54, 1.807) is 6.20 Å². The molecule has 0 spiro atoms. The summed E-state index contributed by atoms with van der Waals surface area (Å²) < 4.78 is 6.64. The van der Waals surface area contributed by atoms with Crippen molar-refractivity contribution in [2.45, 2.75) is 13.5 Å². The summed E-state index contributed by atoms with van der Waals surface area (Å²) in [4.78, 5) is 25.7. The van der Waals surface area contributed by atoms with Crippen LogP contribution in [0.25, 0.3) is 0 Å². The maximum atomic E-state index is 11.0. The molecule has 17 heavy (non-hydrogen) atoms. The lowest BCUT2D eigenvalue weighted by Crippen LogP contribution is -2.12. The van der Waals surface area contributed by atoms with Crippen molar-refractivity contribution in [1.29, 1.82) is 0 Å². The molecule has 2 aromatic rings. The number of aromatic nitrogens is 3. The second kappa shape index (κ2) is 4.20. The van der Waals surface area contributed by atoms with Crippen LogP contribution < -0.4 is 5.73 Å². The molecule has 0 saturated carbocycles. The summed E-state index contributed by atoms with van der Waals surface area (Å²) in [5.74, 6) is -0.251. The normalized spacial score (nSPS) is 10.4. The Morgan fingerprint density at radius 3 is 2.82 bits per heavy atom. The minimum atomic E-state index is -0.597. The molecule has 2 heterocycles. The number of carbonyl (C=O) groups excluding carboxylic acids is 2. The Balaban J connectivity index is 2.13. The van der Waals surface area contributed by atoms with Gasteiger partial charge in [0.05, 0.1) is 6.20 Å². The Labute approximate surface area is 96.2 Å². The molecule has 88 valence electrons. The minimum Gasteiger partial charge on any atom is -0.436 e. The maximum Gasteiger partial charge on any atom is 0.269 e. The maximum absolute atomic E-state index is 11.0. The number of carbonyl (C=O) groups is 2. The summed E-state index contributed by atoms with van der Waals surface area (Å²) in [6.07, 6.45) is 2.94. The fraction of sp³-hybridized carbons (Fsp3) is 0.200. The number of Topliss-reactive ketones (excluding diaryl/α,β-unsaturated/α-hetero) is 1. The largest absolute Gasteiger partial charge is 0.436 e. The molecule has 0 bridgehead atoms. The molecule has 1 amide bonds. The van der Waals surface area contributed by atoms with Gasteiger partial charge in [0.1, 0.15) is 12.2 Å². The lowest BCUT2D eigenvalue weighted by Gasteiger charge is -1.95. The Bertz CT molecular complexity index is 519. The summed E-state index contributed by atoms with van der Waals surface area (Å²) in [6, 6.07) is 1.50. The molecule has 0 unspecified atom stereocenters. The van der Waals surface area contributed by atoms with E-state index < -0.39 is 5.91 Å². The first-order chi connectivity index (χ1) is 8.06. The van der Waals surface area contributed by atoms with Gasteiger partial charge < -0.3 is 10.2 Å². The average Bonchev–Trinajstić information content (AvgIpc) is 2.87. The molecule has 7 heteroatoms. The number of rotatable bonds is 4. The summed E-state index contributed by atoms with van der Waals surface area (Å²) in [6.45, 7) is 1.63. The highest BCUT2D eigenvalue weighted by Crippen LogP contribution is 2.06. The molecule has 0 radical (unpaired) electrons. The Kier molecular flexibility index (Phi) is 2.73. The molecule has 0 aliphatic carbocycles. The molecule has 0 aromatic carbocycles. The van der Waals surface area contributed by atoms with E-state index in [0.717, 1.165) is 0 Å². The lowest BCUT2D eigenvalue weighted by atomic mass is 10.4. The van der Waals surface area contributed by atoms with Gasteiger partial charge in [0.2, 0.25) is 5.89 Å². The zero-order chi connectivity index (χ0) is 12.4. The van der Waals surface area contributed by atoms with E-state index >= 15 is 0 Å². The van der Waals surface area contributed by atoms with E-state index in [1.165, 1.54) is 23.9 Å². The molecule has 0 fully saturated rings. The highest BCUT2D eigenvalue weighted by molar-refractivity contribution is 5.91. The minimum absolute atomic E-state index is 0.170. The van der Waals surface area contributed by atoms with Crippen LogP contribution in [0.5, 0.6) is 0 Å². The van der Waals surface area contributed by atoms with Crippen molar-refractivity contribution in [3.8, 4) is 0 Å². The van der Waals surface area contributed by atoms with E-state index in [-0.39, 0.29) is 23.8 Å². The molecular formula is C10H10N4O3. The van der Waals surface area contributed by atoms with Gasteiger partial charge in [-0.25, -0.2) is 4.98 Å². The third-order valence-corrected chi connectivity index (χ3v) is 2.09. The van der Waals surface area contributed by atoms with Gasteiger partial charge in [-0.15, -0.1) is 0 Å². The topological polar surface area (TPSA) is 104 Å². The van der Waals surface area contributed by atoms with Crippen LogP contribution in [0.4, 0.5) is 0 Å². The molecule has 0 atom stereocenters. The zero-order valence-electron chi connectivity index (χ0n) is 9.08. The van der Waals surface area contributed by atoms with Gasteiger partial charge >= 0.3 is 0 Å². The third kappa shape index (κ3) is 2.39. The number of ketones is 1. The molecule has 0 aliphatic rings. The van der Waals surface area contributed by atoms with E-state index in [9.17, 15) is 9.59 Å². The van der Waals surface area contributed by atoms with Crippen molar-refractivity contribution >= 4 is 11.7 Å². The molecule has 7 nitrogen and oxygen atoms in total. The summed E-state index contributed by atoms with van der Waals surface area (Å²) in [7, 11) is 0. The predicted molar refractivity (Wildman–Crippen MR) is 56.4 cm³/mol. The number of nitrogens with zero attached hydrogens (tertiary/aromatic N) is 3. The van der Waals surface area contributed by atoms with E-state index in [2.05, 4.69) is 10.1 Å². The predicted octanol–water partition coefficient (Wildman–Crippen LogP) is 0.221. The zero-order valence-corrected chi connectivity index (χ0v) is 9.08. The number of amides is 1. The Hall–Kier alpha value is -2.44. The van der Waals surface area contributed by atoms with Crippen molar-refractivity contribution in [2.75, 3.05) is 0 Å². The van der Waals surface area contributed by atoms with Crippen molar-refractivity contribution in [3.05, 3.63) is 35.8 Å². The monoisotopic (exact) mass is 234 g/mol. The van der Waals surface area contributed by atoms with Crippen molar-refractivity contribution in [1.82, 2.24) is 14.8 Å². The van der Waals surface area contributed by atoms with Gasteiger partial charge in [0.25, 0.3) is 5.91 Å². The smallest absolute Gasteiger partial charge is 0.269 e. The first kappa shape index (κ1) is 11.1. The third-order valence-electron chi connectivity index (χ3n) is 2.09. The fourth-order valence-electron chi connectivity index (χ4n) is 1.27. The molecule has 2 aromatic heterocycles. The van der Waals surface area contributed by atoms with E-state index in [1.807, 2.05) is 0 Å². The fourth-order valence-corrected chi connectivity index (χ4v) is 1.27. The molecule has 2 N–H and O–H groups in total. The standard InChI is InChI=1S/C10H10N4O3/c1-6(15)8-4-12-9(17-8)5-14-3-2-7(13-14)10(11)16/h2-4H,5H2,1H3,(H2,11,16). The van der Waals surface area contributed by atoms with Gasteiger partial charge in [-0.2, -0.15) is 5.10 Å². The second-order valence-corrected chi connectivity index (χ2v) is 3.44. The SMILES string of the molecule is CC(=O)c1cnc(Cn2ccc(C(N)=O)n2)o1. The van der Waals surface area contributed by atoms with Crippen LogP contribution in [-0.4, -0.2) is 26.5 Å². The Morgan fingerprint density at radius 2 is 2.29 bits per heavy atom. The first-order valence-corrected chi connectivity index (χ1v) is 4.85. The highest BCUT2D eigenvalue weighted by Gasteiger charge is 2.10. The summed E-state index contributed by atoms with van der Waals surface area (Å²) in [5, 5.41) is 3.92. The van der Waals surface area contributed by atoms with Crippen LogP contribution in [0.15, 0.2) is 22.9 Å². The second-order valence-electron chi connectivity index (χ2n) is 3.44. The van der Waals surface area contributed by atoms with Gasteiger partial charge in [-0.3, -0.25) is 14.3 Å².